The van der Waals surface area contributed by atoms with E-state index in [4.69, 9.17) is 4.98 Å². The lowest BCUT2D eigenvalue weighted by atomic mass is 9.95. The van der Waals surface area contributed by atoms with Gasteiger partial charge in [-0.25, -0.2) is 4.98 Å². The van der Waals surface area contributed by atoms with Gasteiger partial charge in [-0.1, -0.05) is 19.3 Å². The Hall–Kier alpha value is -1.51. The first kappa shape index (κ1) is 12.5. The van der Waals surface area contributed by atoms with Crippen LogP contribution in [0.2, 0.25) is 0 Å². The molecular formula is C16H23N3. The van der Waals surface area contributed by atoms with Gasteiger partial charge in [0.2, 0.25) is 0 Å². The Morgan fingerprint density at radius 1 is 1.11 bits per heavy atom. The van der Waals surface area contributed by atoms with Crippen LogP contribution >= 0.6 is 0 Å². The fraction of sp³-hybridized carbons (Fsp3) is 0.562. The molecule has 102 valence electrons. The standard InChI is InChI=1S/C16H23N3/c1-11-9-12(2)19-15(10-11)17-13(3)16(19)18-14-7-5-4-6-8-14/h9-10,14,18H,4-8H2,1-3H3. The van der Waals surface area contributed by atoms with Crippen molar-refractivity contribution < 1.29 is 0 Å². The van der Waals surface area contributed by atoms with E-state index in [-0.39, 0.29) is 0 Å². The molecule has 0 aliphatic heterocycles. The number of fused-ring (bicyclic) bond motifs is 1. The highest BCUT2D eigenvalue weighted by Gasteiger charge is 2.17. The van der Waals surface area contributed by atoms with Crippen LogP contribution in [0.4, 0.5) is 5.82 Å². The van der Waals surface area contributed by atoms with Crippen LogP contribution in [0.5, 0.6) is 0 Å². The molecule has 0 saturated heterocycles. The van der Waals surface area contributed by atoms with Gasteiger partial charge in [0.15, 0.2) is 0 Å². The second-order valence-electron chi connectivity index (χ2n) is 5.89. The molecule has 2 aromatic rings. The largest absolute Gasteiger partial charge is 0.367 e. The summed E-state index contributed by atoms with van der Waals surface area (Å²) in [5, 5.41) is 3.73. The van der Waals surface area contributed by atoms with Crippen LogP contribution in [0, 0.1) is 20.8 Å². The maximum Gasteiger partial charge on any atom is 0.139 e. The van der Waals surface area contributed by atoms with Crippen molar-refractivity contribution in [2.75, 3.05) is 5.32 Å². The van der Waals surface area contributed by atoms with E-state index in [2.05, 4.69) is 42.6 Å². The van der Waals surface area contributed by atoms with Crippen LogP contribution < -0.4 is 5.32 Å². The highest BCUT2D eigenvalue weighted by molar-refractivity contribution is 5.57. The second kappa shape index (κ2) is 4.87. The van der Waals surface area contributed by atoms with Gasteiger partial charge >= 0.3 is 0 Å². The number of aromatic nitrogens is 2. The summed E-state index contributed by atoms with van der Waals surface area (Å²) in [5.74, 6) is 1.19. The molecule has 3 heteroatoms. The zero-order chi connectivity index (χ0) is 13.4. The van der Waals surface area contributed by atoms with Crippen molar-refractivity contribution in [1.29, 1.82) is 0 Å². The van der Waals surface area contributed by atoms with Crippen molar-refractivity contribution in [1.82, 2.24) is 9.38 Å². The van der Waals surface area contributed by atoms with Crippen molar-refractivity contribution in [2.45, 2.75) is 58.9 Å². The molecule has 0 spiro atoms. The zero-order valence-corrected chi connectivity index (χ0v) is 12.2. The minimum absolute atomic E-state index is 0.619. The molecule has 0 aromatic carbocycles. The number of hydrogen-bond acceptors (Lipinski definition) is 2. The van der Waals surface area contributed by atoms with Crippen molar-refractivity contribution in [2.24, 2.45) is 0 Å². The molecule has 0 unspecified atom stereocenters. The van der Waals surface area contributed by atoms with Crippen LogP contribution in [0.25, 0.3) is 5.65 Å². The lowest BCUT2D eigenvalue weighted by Gasteiger charge is -2.24. The Labute approximate surface area is 115 Å². The Bertz CT molecular complexity index is 592. The zero-order valence-electron chi connectivity index (χ0n) is 12.2. The van der Waals surface area contributed by atoms with Crippen LogP contribution in [-0.2, 0) is 0 Å². The average Bonchev–Trinajstić information content (AvgIpc) is 2.67. The third-order valence-electron chi connectivity index (χ3n) is 4.17. The minimum Gasteiger partial charge on any atom is -0.367 e. The lowest BCUT2D eigenvalue weighted by molar-refractivity contribution is 0.461. The molecular weight excluding hydrogens is 234 g/mol. The molecule has 3 nitrogen and oxygen atoms in total. The van der Waals surface area contributed by atoms with E-state index in [1.807, 2.05) is 0 Å². The molecule has 3 rings (SSSR count). The Balaban J connectivity index is 2.00. The SMILES string of the molecule is Cc1cc(C)n2c(NC3CCCCC3)c(C)nc2c1. The van der Waals surface area contributed by atoms with Gasteiger partial charge in [-0.3, -0.25) is 4.40 Å². The molecule has 1 aliphatic carbocycles. The first-order valence-corrected chi connectivity index (χ1v) is 7.38. The predicted molar refractivity (Wildman–Crippen MR) is 79.9 cm³/mol. The summed E-state index contributed by atoms with van der Waals surface area (Å²) in [5.41, 5.74) is 4.71. The molecule has 2 aromatic heterocycles. The first-order valence-electron chi connectivity index (χ1n) is 7.38. The third kappa shape index (κ3) is 2.34. The van der Waals surface area contributed by atoms with Gasteiger partial charge in [0.05, 0.1) is 5.69 Å². The number of imidazole rings is 1. The number of nitrogens with zero attached hydrogens (tertiary/aromatic N) is 2. The smallest absolute Gasteiger partial charge is 0.139 e. The average molecular weight is 257 g/mol. The molecule has 0 radical (unpaired) electrons. The molecule has 0 atom stereocenters. The Morgan fingerprint density at radius 2 is 1.84 bits per heavy atom. The molecule has 1 fully saturated rings. The summed E-state index contributed by atoms with van der Waals surface area (Å²) in [7, 11) is 0. The normalized spacial score (nSPS) is 17.0. The number of nitrogens with one attached hydrogen (secondary N) is 1. The van der Waals surface area contributed by atoms with Gasteiger partial charge in [-0.2, -0.15) is 0 Å². The van der Waals surface area contributed by atoms with Crippen molar-refractivity contribution in [3.8, 4) is 0 Å². The molecule has 1 saturated carbocycles. The van der Waals surface area contributed by atoms with Crippen molar-refractivity contribution in [3.63, 3.8) is 0 Å². The van der Waals surface area contributed by atoms with Gasteiger partial charge in [0.1, 0.15) is 11.5 Å². The number of rotatable bonds is 2. The van der Waals surface area contributed by atoms with E-state index in [0.717, 1.165) is 11.3 Å². The summed E-state index contributed by atoms with van der Waals surface area (Å²) in [6.07, 6.45) is 6.68. The summed E-state index contributed by atoms with van der Waals surface area (Å²) in [4.78, 5) is 4.70. The summed E-state index contributed by atoms with van der Waals surface area (Å²) in [6, 6.07) is 5.00. The van der Waals surface area contributed by atoms with Crippen molar-refractivity contribution in [3.05, 3.63) is 29.1 Å². The molecule has 1 aliphatic rings. The topological polar surface area (TPSA) is 29.3 Å². The Morgan fingerprint density at radius 3 is 2.58 bits per heavy atom. The van der Waals surface area contributed by atoms with Gasteiger partial charge in [-0.15, -0.1) is 0 Å². The second-order valence-corrected chi connectivity index (χ2v) is 5.89. The van der Waals surface area contributed by atoms with E-state index < -0.39 is 0 Å². The van der Waals surface area contributed by atoms with Gasteiger partial charge < -0.3 is 5.32 Å². The number of pyridine rings is 1. The van der Waals surface area contributed by atoms with Gasteiger partial charge in [-0.05, 0) is 51.3 Å². The van der Waals surface area contributed by atoms with Crippen LogP contribution in [0.1, 0.15) is 49.1 Å². The molecule has 0 amide bonds. The molecule has 0 bridgehead atoms. The molecule has 1 N–H and O–H groups in total. The fourth-order valence-corrected chi connectivity index (χ4v) is 3.25. The number of hydrogen-bond donors (Lipinski definition) is 1. The summed E-state index contributed by atoms with van der Waals surface area (Å²) < 4.78 is 2.26. The van der Waals surface area contributed by atoms with Gasteiger partial charge in [0, 0.05) is 11.7 Å². The van der Waals surface area contributed by atoms with E-state index in [9.17, 15) is 0 Å². The predicted octanol–water partition coefficient (Wildman–Crippen LogP) is 4.00. The van der Waals surface area contributed by atoms with E-state index in [1.165, 1.54) is 49.2 Å². The van der Waals surface area contributed by atoms with Crippen LogP contribution in [0.3, 0.4) is 0 Å². The minimum atomic E-state index is 0.619. The molecule has 19 heavy (non-hydrogen) atoms. The maximum absolute atomic E-state index is 4.70. The summed E-state index contributed by atoms with van der Waals surface area (Å²) in [6.45, 7) is 6.39. The fourth-order valence-electron chi connectivity index (χ4n) is 3.25. The third-order valence-corrected chi connectivity index (χ3v) is 4.17. The van der Waals surface area contributed by atoms with E-state index in [0.29, 0.717) is 6.04 Å². The van der Waals surface area contributed by atoms with Crippen molar-refractivity contribution >= 4 is 11.5 Å². The van der Waals surface area contributed by atoms with E-state index in [1.54, 1.807) is 0 Å². The monoisotopic (exact) mass is 257 g/mol. The van der Waals surface area contributed by atoms with E-state index >= 15 is 0 Å². The maximum atomic E-state index is 4.70. The summed E-state index contributed by atoms with van der Waals surface area (Å²) >= 11 is 0. The van der Waals surface area contributed by atoms with Crippen LogP contribution in [-0.4, -0.2) is 15.4 Å². The lowest BCUT2D eigenvalue weighted by Crippen LogP contribution is -2.23. The highest BCUT2D eigenvalue weighted by Crippen LogP contribution is 2.26. The first-order chi connectivity index (χ1) is 9.15. The number of aryl methyl sites for hydroxylation is 3. The molecule has 2 heterocycles. The van der Waals surface area contributed by atoms with Crippen LogP contribution in [0.15, 0.2) is 12.1 Å². The van der Waals surface area contributed by atoms with Gasteiger partial charge in [0.25, 0.3) is 0 Å². The Kier molecular flexibility index (Phi) is 3.21. The highest BCUT2D eigenvalue weighted by atomic mass is 15.2. The number of anilines is 1. The quantitative estimate of drug-likeness (QED) is 0.881.